The number of halogens is 2. The van der Waals surface area contributed by atoms with Crippen molar-refractivity contribution in [3.63, 3.8) is 0 Å². The van der Waals surface area contributed by atoms with Crippen molar-refractivity contribution >= 4 is 40.5 Å². The number of carbonyl (C=O) groups is 1. The first-order valence-corrected chi connectivity index (χ1v) is 7.42. The molecule has 0 spiro atoms. The minimum Gasteiger partial charge on any atom is -0.496 e. The van der Waals surface area contributed by atoms with Crippen molar-refractivity contribution in [3.8, 4) is 5.75 Å². The zero-order valence-corrected chi connectivity index (χ0v) is 14.0. The largest absolute Gasteiger partial charge is 0.496 e. The normalized spacial score (nSPS) is 10.1. The Morgan fingerprint density at radius 2 is 2.04 bits per heavy atom. The molecule has 0 unspecified atom stereocenters. The topological polar surface area (TPSA) is 50.4 Å². The zero-order chi connectivity index (χ0) is 17.0. The second-order valence-corrected chi connectivity index (χ2v) is 5.51. The number of nitrogens with one attached hydrogen (secondary N) is 2. The van der Waals surface area contributed by atoms with Gasteiger partial charge in [-0.25, -0.2) is 4.39 Å². The van der Waals surface area contributed by atoms with Crippen LogP contribution in [0.25, 0.3) is 0 Å². The van der Waals surface area contributed by atoms with E-state index >= 15 is 0 Å². The average molecular weight is 353 g/mol. The molecule has 120 valence electrons. The van der Waals surface area contributed by atoms with Gasteiger partial charge in [0.1, 0.15) is 11.6 Å². The van der Waals surface area contributed by atoms with Gasteiger partial charge in [-0.15, -0.1) is 0 Å². The van der Waals surface area contributed by atoms with Crippen LogP contribution in [0.5, 0.6) is 5.75 Å². The summed E-state index contributed by atoms with van der Waals surface area (Å²) >= 11 is 10.8. The van der Waals surface area contributed by atoms with Crippen molar-refractivity contribution in [2.45, 2.75) is 6.92 Å². The monoisotopic (exact) mass is 352 g/mol. The summed E-state index contributed by atoms with van der Waals surface area (Å²) in [5, 5.41) is 5.35. The van der Waals surface area contributed by atoms with Gasteiger partial charge in [0.05, 0.1) is 17.7 Å². The number of ether oxygens (including phenoxy) is 1. The Balaban J connectivity index is 2.09. The molecule has 0 saturated carbocycles. The summed E-state index contributed by atoms with van der Waals surface area (Å²) in [6, 6.07) is 9.28. The molecule has 0 aliphatic heterocycles. The van der Waals surface area contributed by atoms with Gasteiger partial charge in [-0.05, 0) is 49.0 Å². The number of rotatable bonds is 3. The quantitative estimate of drug-likeness (QED) is 0.822. The Kier molecular flexibility index (Phi) is 5.52. The molecule has 4 nitrogen and oxygen atoms in total. The van der Waals surface area contributed by atoms with E-state index < -0.39 is 11.7 Å². The highest BCUT2D eigenvalue weighted by Gasteiger charge is 2.15. The summed E-state index contributed by atoms with van der Waals surface area (Å²) in [5.74, 6) is -0.453. The second-order valence-electron chi connectivity index (χ2n) is 4.69. The van der Waals surface area contributed by atoms with Gasteiger partial charge in [0.2, 0.25) is 0 Å². The zero-order valence-electron chi connectivity index (χ0n) is 12.4. The molecule has 0 radical (unpaired) electrons. The number of methoxy groups -OCH3 is 1. The minimum absolute atomic E-state index is 0.0375. The number of thiocarbonyl (C=S) groups is 1. The Morgan fingerprint density at radius 1 is 1.30 bits per heavy atom. The summed E-state index contributed by atoms with van der Waals surface area (Å²) in [7, 11) is 1.50. The van der Waals surface area contributed by atoms with Gasteiger partial charge in [0, 0.05) is 5.69 Å². The van der Waals surface area contributed by atoms with E-state index in [-0.39, 0.29) is 10.1 Å². The van der Waals surface area contributed by atoms with Crippen molar-refractivity contribution in [3.05, 3.63) is 58.4 Å². The van der Waals surface area contributed by atoms with E-state index in [0.717, 1.165) is 5.56 Å². The molecule has 0 fully saturated rings. The third kappa shape index (κ3) is 4.18. The summed E-state index contributed by atoms with van der Waals surface area (Å²) in [6.07, 6.45) is 0. The summed E-state index contributed by atoms with van der Waals surface area (Å²) in [4.78, 5) is 12.3. The summed E-state index contributed by atoms with van der Waals surface area (Å²) in [6.45, 7) is 1.84. The third-order valence-electron chi connectivity index (χ3n) is 3.07. The molecule has 0 aliphatic rings. The van der Waals surface area contributed by atoms with Crippen LogP contribution in [0.15, 0.2) is 36.4 Å². The van der Waals surface area contributed by atoms with Gasteiger partial charge >= 0.3 is 0 Å². The number of aryl methyl sites for hydroxylation is 1. The van der Waals surface area contributed by atoms with E-state index in [1.54, 1.807) is 12.1 Å². The molecule has 0 bridgehead atoms. The van der Waals surface area contributed by atoms with Crippen molar-refractivity contribution in [2.75, 3.05) is 12.4 Å². The number of benzene rings is 2. The fraction of sp³-hybridized carbons (Fsp3) is 0.125. The molecule has 7 heteroatoms. The number of amides is 1. The van der Waals surface area contributed by atoms with Gasteiger partial charge in [-0.2, -0.15) is 0 Å². The lowest BCUT2D eigenvalue weighted by molar-refractivity contribution is 0.0974. The number of anilines is 1. The molecule has 2 N–H and O–H groups in total. The Labute approximate surface area is 143 Å². The highest BCUT2D eigenvalue weighted by Crippen LogP contribution is 2.23. The van der Waals surface area contributed by atoms with Crippen LogP contribution < -0.4 is 15.4 Å². The lowest BCUT2D eigenvalue weighted by Crippen LogP contribution is -2.34. The molecule has 2 aromatic carbocycles. The Bertz CT molecular complexity index is 768. The van der Waals surface area contributed by atoms with E-state index in [1.165, 1.54) is 25.3 Å². The smallest absolute Gasteiger partial charge is 0.261 e. The van der Waals surface area contributed by atoms with Gasteiger partial charge in [-0.1, -0.05) is 23.7 Å². The van der Waals surface area contributed by atoms with E-state index in [9.17, 15) is 9.18 Å². The highest BCUT2D eigenvalue weighted by molar-refractivity contribution is 7.80. The fourth-order valence-corrected chi connectivity index (χ4v) is 2.40. The number of hydrogen-bond acceptors (Lipinski definition) is 3. The summed E-state index contributed by atoms with van der Waals surface area (Å²) < 4.78 is 18.4. The minimum atomic E-state index is -0.531. The van der Waals surface area contributed by atoms with Crippen LogP contribution in [0.1, 0.15) is 15.9 Å². The highest BCUT2D eigenvalue weighted by atomic mass is 35.5. The van der Waals surface area contributed by atoms with Crippen molar-refractivity contribution in [1.82, 2.24) is 5.32 Å². The molecule has 2 rings (SSSR count). The number of carbonyl (C=O) groups excluding carboxylic acids is 1. The summed E-state index contributed by atoms with van der Waals surface area (Å²) in [5.41, 5.74) is 1.68. The molecular formula is C16H14ClFN2O2S. The predicted octanol–water partition coefficient (Wildman–Crippen LogP) is 3.92. The van der Waals surface area contributed by atoms with Crippen LogP contribution in [0.4, 0.5) is 10.1 Å². The fourth-order valence-electron chi connectivity index (χ4n) is 2.01. The van der Waals surface area contributed by atoms with Crippen LogP contribution in [-0.4, -0.2) is 18.1 Å². The van der Waals surface area contributed by atoms with E-state index in [4.69, 9.17) is 28.6 Å². The number of para-hydroxylation sites is 1. The third-order valence-corrected chi connectivity index (χ3v) is 3.56. The van der Waals surface area contributed by atoms with Gasteiger partial charge < -0.3 is 10.1 Å². The molecule has 2 aromatic rings. The SMILES string of the molecule is COc1c(C)cccc1C(=O)NC(=S)Nc1ccc(F)c(Cl)c1. The lowest BCUT2D eigenvalue weighted by Gasteiger charge is -2.13. The van der Waals surface area contributed by atoms with Crippen LogP contribution in [-0.2, 0) is 0 Å². The maximum absolute atomic E-state index is 13.1. The predicted molar refractivity (Wildman–Crippen MR) is 92.8 cm³/mol. The maximum Gasteiger partial charge on any atom is 0.261 e. The molecule has 23 heavy (non-hydrogen) atoms. The van der Waals surface area contributed by atoms with Crippen LogP contribution in [0.2, 0.25) is 5.02 Å². The first-order chi connectivity index (χ1) is 10.9. The first-order valence-electron chi connectivity index (χ1n) is 6.63. The Hall–Kier alpha value is -2.18. The standard InChI is InChI=1S/C16H14ClFN2O2S/c1-9-4-3-5-11(14(9)22-2)15(21)20-16(23)19-10-6-7-13(18)12(17)8-10/h3-8H,1-2H3,(H2,19,20,21,23). The molecule has 1 amide bonds. The second kappa shape index (κ2) is 7.39. The van der Waals surface area contributed by atoms with Gasteiger partial charge in [-0.3, -0.25) is 10.1 Å². The van der Waals surface area contributed by atoms with E-state index in [1.807, 2.05) is 13.0 Å². The average Bonchev–Trinajstić information content (AvgIpc) is 2.50. The molecule has 0 aromatic heterocycles. The first kappa shape index (κ1) is 17.2. The molecule has 0 aliphatic carbocycles. The molecule has 0 atom stereocenters. The van der Waals surface area contributed by atoms with Crippen LogP contribution >= 0.6 is 23.8 Å². The van der Waals surface area contributed by atoms with Gasteiger partial charge in [0.15, 0.2) is 5.11 Å². The van der Waals surface area contributed by atoms with Crippen molar-refractivity contribution in [2.24, 2.45) is 0 Å². The van der Waals surface area contributed by atoms with Crippen molar-refractivity contribution in [1.29, 1.82) is 0 Å². The van der Waals surface area contributed by atoms with E-state index in [0.29, 0.717) is 17.0 Å². The van der Waals surface area contributed by atoms with Gasteiger partial charge in [0.25, 0.3) is 5.91 Å². The number of hydrogen-bond donors (Lipinski definition) is 2. The van der Waals surface area contributed by atoms with Crippen molar-refractivity contribution < 1.29 is 13.9 Å². The Morgan fingerprint density at radius 3 is 2.70 bits per heavy atom. The van der Waals surface area contributed by atoms with E-state index in [2.05, 4.69) is 10.6 Å². The van der Waals surface area contributed by atoms with Crippen LogP contribution in [0, 0.1) is 12.7 Å². The molecule has 0 saturated heterocycles. The maximum atomic E-state index is 13.1. The molecule has 0 heterocycles. The van der Waals surface area contributed by atoms with Crippen LogP contribution in [0.3, 0.4) is 0 Å². The lowest BCUT2D eigenvalue weighted by atomic mass is 10.1. The molecular weight excluding hydrogens is 339 g/mol.